The molecule has 0 saturated carbocycles. The number of nitrogens with zero attached hydrogens (tertiary/aromatic N) is 4. The Bertz CT molecular complexity index is 1270. The lowest BCUT2D eigenvalue weighted by Gasteiger charge is -2.31. The number of benzene rings is 2. The number of aryl methyl sites for hydroxylation is 1. The third-order valence-electron chi connectivity index (χ3n) is 5.54. The number of hydrogen-bond acceptors (Lipinski definition) is 5. The van der Waals surface area contributed by atoms with Crippen molar-refractivity contribution in [3.63, 3.8) is 0 Å². The van der Waals surface area contributed by atoms with Crippen LogP contribution in [0.15, 0.2) is 72.4 Å². The van der Waals surface area contributed by atoms with Crippen LogP contribution in [0.2, 0.25) is 0 Å². The highest BCUT2D eigenvalue weighted by Crippen LogP contribution is 2.31. The van der Waals surface area contributed by atoms with Gasteiger partial charge < -0.3 is 10.2 Å². The molecule has 0 fully saturated rings. The Balaban J connectivity index is 1.47. The Labute approximate surface area is 189 Å². The molecule has 0 radical (unpaired) electrons. The fourth-order valence-electron chi connectivity index (χ4n) is 4.10. The Kier molecular flexibility index (Phi) is 5.28. The lowest BCUT2D eigenvalue weighted by atomic mass is 9.93. The van der Waals surface area contributed by atoms with Crippen LogP contribution in [-0.2, 0) is 18.4 Å². The van der Waals surface area contributed by atoms with Crippen molar-refractivity contribution in [2.75, 3.05) is 11.9 Å². The van der Waals surface area contributed by atoms with E-state index in [9.17, 15) is 9.59 Å². The lowest BCUT2D eigenvalue weighted by molar-refractivity contribution is -0.118. The molecule has 2 aromatic carbocycles. The van der Waals surface area contributed by atoms with Crippen LogP contribution in [0.1, 0.15) is 27.5 Å². The molecule has 32 heavy (non-hydrogen) atoms. The topological polar surface area (TPSA) is 80.1 Å². The highest BCUT2D eigenvalue weighted by Gasteiger charge is 2.36. The van der Waals surface area contributed by atoms with Crippen LogP contribution >= 0.6 is 11.3 Å². The van der Waals surface area contributed by atoms with Crippen LogP contribution in [0.4, 0.5) is 5.13 Å². The van der Waals surface area contributed by atoms with Crippen molar-refractivity contribution in [2.24, 2.45) is 7.05 Å². The highest BCUT2D eigenvalue weighted by atomic mass is 32.1. The first-order valence-corrected chi connectivity index (χ1v) is 11.1. The van der Waals surface area contributed by atoms with Crippen molar-refractivity contribution in [2.45, 2.75) is 12.5 Å². The van der Waals surface area contributed by atoms with Gasteiger partial charge in [-0.15, -0.1) is 11.3 Å². The number of amides is 2. The molecule has 0 spiro atoms. The van der Waals surface area contributed by atoms with Crippen LogP contribution in [0, 0.1) is 0 Å². The molecule has 3 heterocycles. The second kappa shape index (κ2) is 8.39. The minimum atomic E-state index is -0.573. The molecular formula is C24H21N5O2S. The first-order chi connectivity index (χ1) is 15.6. The summed E-state index contributed by atoms with van der Waals surface area (Å²) >= 11 is 1.36. The van der Waals surface area contributed by atoms with Gasteiger partial charge in [-0.1, -0.05) is 48.5 Å². The van der Waals surface area contributed by atoms with E-state index in [2.05, 4.69) is 15.4 Å². The van der Waals surface area contributed by atoms with Crippen LogP contribution < -0.4 is 5.32 Å². The normalized spacial score (nSPS) is 15.3. The van der Waals surface area contributed by atoms with Gasteiger partial charge in [-0.05, 0) is 17.2 Å². The van der Waals surface area contributed by atoms with Crippen molar-refractivity contribution in [3.8, 4) is 11.1 Å². The second-order valence-electron chi connectivity index (χ2n) is 7.69. The van der Waals surface area contributed by atoms with E-state index >= 15 is 0 Å². The third kappa shape index (κ3) is 3.80. The monoisotopic (exact) mass is 443 g/mol. The molecule has 0 unspecified atom stereocenters. The van der Waals surface area contributed by atoms with Crippen LogP contribution in [0.25, 0.3) is 11.1 Å². The Morgan fingerprint density at radius 1 is 1.09 bits per heavy atom. The van der Waals surface area contributed by atoms with Gasteiger partial charge in [0.05, 0.1) is 5.69 Å². The van der Waals surface area contributed by atoms with E-state index < -0.39 is 5.92 Å². The van der Waals surface area contributed by atoms with Crippen LogP contribution in [0.5, 0.6) is 0 Å². The molecule has 5 rings (SSSR count). The number of nitrogens with one attached hydrogen (secondary N) is 1. The van der Waals surface area contributed by atoms with E-state index in [1.54, 1.807) is 21.2 Å². The average Bonchev–Trinajstić information content (AvgIpc) is 3.47. The minimum absolute atomic E-state index is 0.106. The molecule has 1 atom stereocenters. The average molecular weight is 444 g/mol. The zero-order chi connectivity index (χ0) is 22.1. The smallest absolute Gasteiger partial charge is 0.254 e. The molecule has 1 aliphatic heterocycles. The van der Waals surface area contributed by atoms with E-state index in [1.807, 2.05) is 67.8 Å². The van der Waals surface area contributed by atoms with E-state index in [0.29, 0.717) is 22.9 Å². The summed E-state index contributed by atoms with van der Waals surface area (Å²) in [6.07, 6.45) is 3.52. The molecule has 0 saturated heterocycles. The summed E-state index contributed by atoms with van der Waals surface area (Å²) in [5.74, 6) is -0.892. The Morgan fingerprint density at radius 3 is 2.66 bits per heavy atom. The van der Waals surface area contributed by atoms with Crippen LogP contribution in [0.3, 0.4) is 0 Å². The molecule has 7 nitrogen and oxygen atoms in total. The summed E-state index contributed by atoms with van der Waals surface area (Å²) in [6, 6.07) is 17.4. The van der Waals surface area contributed by atoms with Gasteiger partial charge in [0, 0.05) is 49.0 Å². The van der Waals surface area contributed by atoms with Gasteiger partial charge in [0.2, 0.25) is 5.91 Å². The number of carbonyl (C=O) groups is 2. The predicted octanol–water partition coefficient (Wildman–Crippen LogP) is 3.92. The molecule has 2 aromatic heterocycles. The van der Waals surface area contributed by atoms with Crippen molar-refractivity contribution >= 4 is 28.3 Å². The number of aromatic nitrogens is 3. The molecule has 1 aliphatic rings. The highest BCUT2D eigenvalue weighted by molar-refractivity contribution is 7.13. The summed E-state index contributed by atoms with van der Waals surface area (Å²) in [5.41, 5.74) is 4.06. The van der Waals surface area contributed by atoms with E-state index in [0.717, 1.165) is 16.7 Å². The van der Waals surface area contributed by atoms with Crippen molar-refractivity contribution in [1.29, 1.82) is 0 Å². The summed E-state index contributed by atoms with van der Waals surface area (Å²) in [7, 11) is 1.82. The van der Waals surface area contributed by atoms with E-state index in [4.69, 9.17) is 0 Å². The summed E-state index contributed by atoms with van der Waals surface area (Å²) in [5, 5.41) is 9.71. The minimum Gasteiger partial charge on any atom is -0.333 e. The van der Waals surface area contributed by atoms with E-state index in [-0.39, 0.29) is 18.4 Å². The van der Waals surface area contributed by atoms with Crippen molar-refractivity contribution in [1.82, 2.24) is 19.7 Å². The zero-order valence-corrected chi connectivity index (χ0v) is 18.2. The fraction of sp³-hybridized carbons (Fsp3) is 0.167. The molecular weight excluding hydrogens is 422 g/mol. The zero-order valence-electron chi connectivity index (χ0n) is 17.4. The van der Waals surface area contributed by atoms with Gasteiger partial charge in [0.1, 0.15) is 5.92 Å². The third-order valence-corrected chi connectivity index (χ3v) is 6.23. The molecule has 4 aromatic rings. The number of thiazole rings is 1. The van der Waals surface area contributed by atoms with Gasteiger partial charge in [-0.25, -0.2) is 4.98 Å². The Hall–Kier alpha value is -3.78. The fourth-order valence-corrected chi connectivity index (χ4v) is 4.63. The van der Waals surface area contributed by atoms with Gasteiger partial charge in [0.15, 0.2) is 5.13 Å². The molecule has 160 valence electrons. The number of fused-ring (bicyclic) bond motifs is 1. The lowest BCUT2D eigenvalue weighted by Crippen LogP contribution is -2.42. The molecule has 0 aliphatic carbocycles. The van der Waals surface area contributed by atoms with Crippen molar-refractivity contribution in [3.05, 3.63) is 89.2 Å². The summed E-state index contributed by atoms with van der Waals surface area (Å²) in [6.45, 7) is 0.662. The number of rotatable bonds is 4. The first-order valence-electron chi connectivity index (χ1n) is 10.3. The maximum atomic E-state index is 13.7. The number of anilines is 1. The maximum absolute atomic E-state index is 13.7. The SMILES string of the molecule is Cn1cc2c(n1)[C@H](C(=O)Nc1nccs1)CN(C(=O)c1ccccc1-c1ccccc1)C2. The van der Waals surface area contributed by atoms with E-state index in [1.165, 1.54) is 11.3 Å². The molecule has 2 amide bonds. The van der Waals surface area contributed by atoms with Crippen molar-refractivity contribution < 1.29 is 9.59 Å². The van der Waals surface area contributed by atoms with Crippen LogP contribution in [-0.4, -0.2) is 38.0 Å². The first kappa shape index (κ1) is 20.1. The second-order valence-corrected chi connectivity index (χ2v) is 8.58. The maximum Gasteiger partial charge on any atom is 0.254 e. The number of hydrogen-bond donors (Lipinski definition) is 1. The van der Waals surface area contributed by atoms with Gasteiger partial charge in [0.25, 0.3) is 5.91 Å². The molecule has 0 bridgehead atoms. The largest absolute Gasteiger partial charge is 0.333 e. The van der Waals surface area contributed by atoms with Gasteiger partial charge in [-0.2, -0.15) is 5.10 Å². The molecule has 8 heteroatoms. The summed E-state index contributed by atoms with van der Waals surface area (Å²) < 4.78 is 1.69. The predicted molar refractivity (Wildman–Crippen MR) is 123 cm³/mol. The quantitative estimate of drug-likeness (QED) is 0.518. The number of carbonyl (C=O) groups excluding carboxylic acids is 2. The van der Waals surface area contributed by atoms with Gasteiger partial charge in [-0.3, -0.25) is 14.3 Å². The molecule has 1 N–H and O–H groups in total. The standard InChI is InChI=1S/C24H21N5O2S/c1-28-13-17-14-29(15-20(21(17)27-28)22(30)26-24-25-11-12-32-24)23(31)19-10-6-5-9-18(19)16-7-3-2-4-8-16/h2-13,20H,14-15H2,1H3,(H,25,26,30)/t20-/m1/s1. The summed E-state index contributed by atoms with van der Waals surface area (Å²) in [4.78, 5) is 32.6. The Morgan fingerprint density at radius 2 is 1.88 bits per heavy atom. The van der Waals surface area contributed by atoms with Gasteiger partial charge >= 0.3 is 0 Å².